The maximum absolute atomic E-state index is 10.3. The molecule has 0 atom stereocenters. The minimum Gasteiger partial charge on any atom is -0.545 e. The molecule has 0 spiro atoms. The third kappa shape index (κ3) is 10.7. The number of carboxylic acid groups (broad SMARTS) is 4. The first-order valence-corrected chi connectivity index (χ1v) is 6.29. The van der Waals surface area contributed by atoms with Crippen LogP contribution in [-0.2, 0) is 89.5 Å². The molecule has 2 aromatic rings. The van der Waals surface area contributed by atoms with Gasteiger partial charge in [0, 0.05) is 22.3 Å². The van der Waals surface area contributed by atoms with Crippen molar-refractivity contribution in [1.82, 2.24) is 0 Å². The van der Waals surface area contributed by atoms with Gasteiger partial charge in [0.25, 0.3) is 0 Å². The first-order chi connectivity index (χ1) is 11.3. The number of hydrogen-bond donors (Lipinski definition) is 0. The van der Waals surface area contributed by atoms with Crippen molar-refractivity contribution in [3.05, 3.63) is 70.8 Å². The second-order valence-corrected chi connectivity index (χ2v) is 4.24. The van der Waals surface area contributed by atoms with Gasteiger partial charge in [-0.2, -0.15) is 0 Å². The second-order valence-electron chi connectivity index (χ2n) is 4.24. The van der Waals surface area contributed by atoms with Crippen LogP contribution in [0.1, 0.15) is 41.4 Å². The van der Waals surface area contributed by atoms with Gasteiger partial charge in [0.05, 0.1) is 23.9 Å². The molecule has 0 aromatic heterocycles. The summed E-state index contributed by atoms with van der Waals surface area (Å²) in [5, 5.41) is 41.3. The van der Waals surface area contributed by atoms with Crippen LogP contribution in [0.15, 0.2) is 48.5 Å². The van der Waals surface area contributed by atoms with Crippen molar-refractivity contribution in [2.45, 2.75) is 0 Å². The van der Waals surface area contributed by atoms with E-state index in [1.165, 1.54) is 24.3 Å². The molecule has 0 fully saturated rings. The van der Waals surface area contributed by atoms with Crippen molar-refractivity contribution in [1.29, 1.82) is 0 Å². The molecule has 0 aliphatic heterocycles. The molecule has 8 nitrogen and oxygen atoms in total. The van der Waals surface area contributed by atoms with Crippen molar-refractivity contribution in [3.8, 4) is 0 Å². The van der Waals surface area contributed by atoms with Crippen LogP contribution in [0.25, 0.3) is 0 Å². The van der Waals surface area contributed by atoms with Crippen molar-refractivity contribution in [2.75, 3.05) is 0 Å². The molecule has 2 aromatic carbocycles. The molecule has 0 saturated carbocycles. The zero-order valence-electron chi connectivity index (χ0n) is 13.1. The van der Waals surface area contributed by atoms with Gasteiger partial charge in [0.1, 0.15) is 0 Å². The fraction of sp³-hybridized carbons (Fsp3) is 0. The Morgan fingerprint density at radius 1 is 0.429 bits per heavy atom. The van der Waals surface area contributed by atoms with E-state index in [9.17, 15) is 39.6 Å². The van der Waals surface area contributed by atoms with Crippen LogP contribution >= 0.6 is 0 Å². The largest absolute Gasteiger partial charge is 1.00 e. The average molecular weight is 760 g/mol. The molecule has 0 heterocycles. The third-order valence-electron chi connectivity index (χ3n) is 2.73. The summed E-state index contributed by atoms with van der Waals surface area (Å²) in [6.07, 6.45) is 0. The quantitative estimate of drug-likeness (QED) is 0.295. The predicted molar refractivity (Wildman–Crippen MR) is 70.2 cm³/mol. The predicted octanol–water partition coefficient (Wildman–Crippen LogP) is -3.18. The van der Waals surface area contributed by atoms with Crippen molar-refractivity contribution < 1.29 is 129 Å². The summed E-state index contributed by atoms with van der Waals surface area (Å²) in [6, 6.07) is 10.3. The minimum atomic E-state index is -1.52. The van der Waals surface area contributed by atoms with Gasteiger partial charge in [-0.25, -0.2) is 0 Å². The summed E-state index contributed by atoms with van der Waals surface area (Å²) in [4.78, 5) is 41.3. The second kappa shape index (κ2) is 17.2. The van der Waals surface area contributed by atoms with E-state index in [2.05, 4.69) is 0 Å². The first kappa shape index (κ1) is 34.8. The Kier molecular flexibility index (Phi) is 21.3. The Hall–Kier alpha value is -0.719. The summed E-state index contributed by atoms with van der Waals surface area (Å²) in [6.45, 7) is 0. The van der Waals surface area contributed by atoms with Gasteiger partial charge in [0.15, 0.2) is 0 Å². The van der Waals surface area contributed by atoms with Crippen molar-refractivity contribution in [2.24, 2.45) is 0 Å². The van der Waals surface area contributed by atoms with Crippen molar-refractivity contribution in [3.63, 3.8) is 0 Å². The topological polar surface area (TPSA) is 161 Å². The maximum atomic E-state index is 10.3. The van der Waals surface area contributed by atoms with E-state index in [0.29, 0.717) is 0 Å². The Labute approximate surface area is 221 Å². The van der Waals surface area contributed by atoms with Gasteiger partial charge in [-0.1, -0.05) is 48.5 Å². The third-order valence-corrected chi connectivity index (χ3v) is 2.73. The molecule has 28 heavy (non-hydrogen) atoms. The number of carboxylic acids is 4. The van der Waals surface area contributed by atoms with Gasteiger partial charge in [-0.05, 0) is 0 Å². The number of rotatable bonds is 4. The van der Waals surface area contributed by atoms with Crippen LogP contribution in [0, 0.1) is 0 Å². The van der Waals surface area contributed by atoms with Gasteiger partial charge in [0.2, 0.25) is 0 Å². The molecule has 0 radical (unpaired) electrons. The number of carbonyl (C=O) groups excluding carboxylic acids is 4. The molecule has 2 rings (SSSR count). The Balaban J connectivity index is -0.000000180. The summed E-state index contributed by atoms with van der Waals surface area (Å²) in [5.74, 6) is -6.07. The van der Waals surface area contributed by atoms with E-state index in [1.54, 1.807) is 0 Å². The Morgan fingerprint density at radius 2 is 0.571 bits per heavy atom. The molecule has 0 saturated heterocycles. The summed E-state index contributed by atoms with van der Waals surface area (Å²) < 4.78 is 0. The standard InChI is InChI=1S/2C8H6O4.4Ag/c2*9-7(10)5-3-1-2-4-6(5)8(11)12;;;;/h2*1-4H,(H,9,10)(H,11,12);;;;/q;;4*+1/p-4. The van der Waals surface area contributed by atoms with E-state index >= 15 is 0 Å². The summed E-state index contributed by atoms with van der Waals surface area (Å²) >= 11 is 0. The van der Waals surface area contributed by atoms with Gasteiger partial charge in [-0.15, -0.1) is 0 Å². The van der Waals surface area contributed by atoms with Crippen LogP contribution in [0.3, 0.4) is 0 Å². The van der Waals surface area contributed by atoms with Crippen LogP contribution in [0.5, 0.6) is 0 Å². The molecule has 0 N–H and O–H groups in total. The molecule has 0 aliphatic carbocycles. The minimum absolute atomic E-state index is 0. The smallest absolute Gasteiger partial charge is 0.545 e. The molecule has 164 valence electrons. The van der Waals surface area contributed by atoms with E-state index in [1.807, 2.05) is 0 Å². The fourth-order valence-corrected chi connectivity index (χ4v) is 1.68. The zero-order chi connectivity index (χ0) is 18.3. The number of hydrogen-bond acceptors (Lipinski definition) is 8. The Bertz CT molecular complexity index is 677. The van der Waals surface area contributed by atoms with Gasteiger partial charge >= 0.3 is 89.5 Å². The number of aromatic carboxylic acids is 4. The summed E-state index contributed by atoms with van der Waals surface area (Å²) in [7, 11) is 0. The average Bonchev–Trinajstić information content (AvgIpc) is 2.55. The van der Waals surface area contributed by atoms with E-state index < -0.39 is 23.9 Å². The van der Waals surface area contributed by atoms with Crippen LogP contribution in [0.4, 0.5) is 0 Å². The SMILES string of the molecule is O=C([O-])c1ccccc1C(=O)[O-].O=C([O-])c1ccccc1C(=O)[O-].[Ag+].[Ag+].[Ag+].[Ag+]. The first-order valence-electron chi connectivity index (χ1n) is 6.29. The number of carbonyl (C=O) groups is 4. The van der Waals surface area contributed by atoms with E-state index in [-0.39, 0.29) is 112 Å². The Morgan fingerprint density at radius 3 is 0.679 bits per heavy atom. The van der Waals surface area contributed by atoms with E-state index in [0.717, 1.165) is 24.3 Å². The molecule has 0 bridgehead atoms. The molecular weight excluding hydrogens is 752 g/mol. The van der Waals surface area contributed by atoms with Gasteiger partial charge < -0.3 is 39.6 Å². The molecule has 0 amide bonds. The van der Waals surface area contributed by atoms with Crippen LogP contribution in [-0.4, -0.2) is 23.9 Å². The molecule has 0 aliphatic rings. The fourth-order valence-electron chi connectivity index (χ4n) is 1.68. The molecular formula is C16H8Ag4O8. The van der Waals surface area contributed by atoms with Crippen LogP contribution in [0.2, 0.25) is 0 Å². The normalized spacial score (nSPS) is 8.00. The van der Waals surface area contributed by atoms with Gasteiger partial charge in [-0.3, -0.25) is 0 Å². The van der Waals surface area contributed by atoms with Crippen LogP contribution < -0.4 is 20.4 Å². The van der Waals surface area contributed by atoms with E-state index in [4.69, 9.17) is 0 Å². The monoisotopic (exact) mass is 756 g/mol. The molecule has 12 heteroatoms. The number of benzene rings is 2. The zero-order valence-corrected chi connectivity index (χ0v) is 19.0. The summed E-state index contributed by atoms with van der Waals surface area (Å²) in [5.41, 5.74) is -1.45. The maximum Gasteiger partial charge on any atom is 1.00 e. The molecule has 0 unspecified atom stereocenters. The van der Waals surface area contributed by atoms with Crippen molar-refractivity contribution >= 4 is 23.9 Å².